The first-order chi connectivity index (χ1) is 12.9. The number of hydrogen-bond acceptors (Lipinski definition) is 6. The summed E-state index contributed by atoms with van der Waals surface area (Å²) in [6, 6.07) is 5.20. The lowest BCUT2D eigenvalue weighted by Gasteiger charge is -2.31. The minimum atomic E-state index is -4.42. The molecule has 0 bridgehead atoms. The Hall–Kier alpha value is -2.67. The Kier molecular flexibility index (Phi) is 5.60. The van der Waals surface area contributed by atoms with Crippen molar-refractivity contribution >= 4 is 23.1 Å². The number of nitrogens with one attached hydrogen (secondary N) is 1. The molecule has 2 aromatic heterocycles. The molecule has 0 radical (unpaired) electrons. The van der Waals surface area contributed by atoms with Gasteiger partial charge in [-0.3, -0.25) is 4.79 Å². The van der Waals surface area contributed by atoms with Crippen molar-refractivity contribution in [3.8, 4) is 6.07 Å². The number of carbonyl (C=O) groups excluding carboxylic acids is 1. The van der Waals surface area contributed by atoms with E-state index in [2.05, 4.69) is 15.3 Å². The maximum absolute atomic E-state index is 12.7. The molecule has 0 aromatic carbocycles. The van der Waals surface area contributed by atoms with E-state index in [0.717, 1.165) is 16.7 Å². The summed E-state index contributed by atoms with van der Waals surface area (Å²) in [5.41, 5.74) is -0.412. The number of anilines is 1. The lowest BCUT2D eigenvalue weighted by Crippen LogP contribution is -2.41. The first kappa shape index (κ1) is 19.1. The summed E-state index contributed by atoms with van der Waals surface area (Å²) < 4.78 is 38.0. The molecule has 142 valence electrons. The second kappa shape index (κ2) is 7.92. The molecule has 0 spiro atoms. The zero-order valence-electron chi connectivity index (χ0n) is 14.2. The fourth-order valence-corrected chi connectivity index (χ4v) is 3.82. The monoisotopic (exact) mass is 395 g/mol. The number of aromatic nitrogens is 2. The average molecular weight is 395 g/mol. The number of thiazole rings is 1. The molecule has 2 aromatic rings. The number of piperidine rings is 1. The molecule has 1 aliphatic rings. The average Bonchev–Trinajstić information content (AvgIpc) is 3.17. The van der Waals surface area contributed by atoms with Gasteiger partial charge < -0.3 is 10.2 Å². The number of amides is 1. The number of pyridine rings is 1. The van der Waals surface area contributed by atoms with Crippen LogP contribution in [0.2, 0.25) is 0 Å². The van der Waals surface area contributed by atoms with Gasteiger partial charge in [-0.1, -0.05) is 0 Å². The highest BCUT2D eigenvalue weighted by molar-refractivity contribution is 7.09. The number of alkyl halides is 3. The van der Waals surface area contributed by atoms with E-state index in [-0.39, 0.29) is 18.4 Å². The molecule has 0 saturated carbocycles. The Morgan fingerprint density at radius 2 is 2.11 bits per heavy atom. The Morgan fingerprint density at radius 1 is 1.37 bits per heavy atom. The van der Waals surface area contributed by atoms with E-state index in [4.69, 9.17) is 5.26 Å². The van der Waals surface area contributed by atoms with Gasteiger partial charge >= 0.3 is 6.18 Å². The third kappa shape index (κ3) is 4.74. The molecule has 1 fully saturated rings. The van der Waals surface area contributed by atoms with E-state index >= 15 is 0 Å². The van der Waals surface area contributed by atoms with Crippen molar-refractivity contribution in [1.82, 2.24) is 14.9 Å². The lowest BCUT2D eigenvalue weighted by atomic mass is 9.97. The van der Waals surface area contributed by atoms with E-state index in [9.17, 15) is 18.0 Å². The van der Waals surface area contributed by atoms with E-state index in [1.807, 2.05) is 6.07 Å². The van der Waals surface area contributed by atoms with Gasteiger partial charge in [-0.05, 0) is 25.0 Å². The van der Waals surface area contributed by atoms with Gasteiger partial charge in [0.1, 0.15) is 11.9 Å². The highest BCUT2D eigenvalue weighted by Gasteiger charge is 2.35. The largest absolute Gasteiger partial charge is 0.434 e. The first-order valence-electron chi connectivity index (χ1n) is 8.27. The van der Waals surface area contributed by atoms with Crippen molar-refractivity contribution in [1.29, 1.82) is 5.26 Å². The lowest BCUT2D eigenvalue weighted by molar-refractivity contribution is -0.140. The van der Waals surface area contributed by atoms with Crippen molar-refractivity contribution in [2.45, 2.75) is 24.9 Å². The molecule has 0 atom stereocenters. The van der Waals surface area contributed by atoms with E-state index < -0.39 is 11.9 Å². The van der Waals surface area contributed by atoms with Gasteiger partial charge in [-0.15, -0.1) is 11.3 Å². The fourth-order valence-electron chi connectivity index (χ4n) is 2.82. The predicted molar refractivity (Wildman–Crippen MR) is 93.1 cm³/mol. The smallest absolute Gasteiger partial charge is 0.361 e. The number of likely N-dealkylation sites (tertiary alicyclic amines) is 1. The molecule has 1 saturated heterocycles. The third-order valence-corrected chi connectivity index (χ3v) is 5.33. The van der Waals surface area contributed by atoms with E-state index in [1.54, 1.807) is 17.0 Å². The van der Waals surface area contributed by atoms with E-state index in [0.29, 0.717) is 42.3 Å². The molecule has 10 heteroatoms. The third-order valence-electron chi connectivity index (χ3n) is 4.32. The van der Waals surface area contributed by atoms with Crippen molar-refractivity contribution in [3.05, 3.63) is 40.0 Å². The highest BCUT2D eigenvalue weighted by Crippen LogP contribution is 2.35. The molecule has 3 heterocycles. The first-order valence-corrected chi connectivity index (χ1v) is 9.15. The van der Waals surface area contributed by atoms with Crippen LogP contribution in [-0.2, 0) is 11.0 Å². The molecular formula is C17H16F3N5OS. The van der Waals surface area contributed by atoms with Crippen LogP contribution < -0.4 is 5.32 Å². The van der Waals surface area contributed by atoms with Gasteiger partial charge in [0.2, 0.25) is 5.91 Å². The number of halogens is 3. The second-order valence-corrected chi connectivity index (χ2v) is 7.01. The standard InChI is InChI=1S/C17H16F3N5OS/c18-17(19,20)13-10-27-16(24-13)12-3-5-25(6-4-12)15(26)9-23-14-2-1-11(7-21)8-22-14/h1-2,8,10,12H,3-6,9H2,(H,22,23). The van der Waals surface area contributed by atoms with Crippen LogP contribution in [0.1, 0.15) is 35.0 Å². The number of rotatable bonds is 4. The number of nitriles is 1. The van der Waals surface area contributed by atoms with Crippen LogP contribution in [0.25, 0.3) is 0 Å². The van der Waals surface area contributed by atoms with Crippen molar-refractivity contribution in [2.75, 3.05) is 25.0 Å². The maximum Gasteiger partial charge on any atom is 0.434 e. The molecule has 6 nitrogen and oxygen atoms in total. The quantitative estimate of drug-likeness (QED) is 0.859. The van der Waals surface area contributed by atoms with Crippen molar-refractivity contribution < 1.29 is 18.0 Å². The topological polar surface area (TPSA) is 81.9 Å². The second-order valence-electron chi connectivity index (χ2n) is 6.12. The Balaban J connectivity index is 1.49. The van der Waals surface area contributed by atoms with Gasteiger partial charge in [0, 0.05) is 30.6 Å². The van der Waals surface area contributed by atoms with Gasteiger partial charge in [0.15, 0.2) is 5.69 Å². The van der Waals surface area contributed by atoms with Crippen LogP contribution in [0.3, 0.4) is 0 Å². The summed E-state index contributed by atoms with van der Waals surface area (Å²) in [4.78, 5) is 21.7. The van der Waals surface area contributed by atoms with Crippen LogP contribution in [0, 0.1) is 11.3 Å². The van der Waals surface area contributed by atoms with Crippen molar-refractivity contribution in [3.63, 3.8) is 0 Å². The van der Waals surface area contributed by atoms with E-state index in [1.165, 1.54) is 6.20 Å². The SMILES string of the molecule is N#Cc1ccc(NCC(=O)N2CCC(c3nc(C(F)(F)F)cs3)CC2)nc1. The van der Waals surface area contributed by atoms with Crippen LogP contribution in [0.15, 0.2) is 23.7 Å². The van der Waals surface area contributed by atoms with Gasteiger partial charge in [0.25, 0.3) is 0 Å². The minimum Gasteiger partial charge on any atom is -0.361 e. The Labute approximate surface area is 157 Å². The Bertz CT molecular complexity index is 835. The van der Waals surface area contributed by atoms with Crippen molar-refractivity contribution in [2.24, 2.45) is 0 Å². The summed E-state index contributed by atoms with van der Waals surface area (Å²) in [7, 11) is 0. The molecule has 27 heavy (non-hydrogen) atoms. The number of carbonyl (C=O) groups is 1. The van der Waals surface area contributed by atoms with Crippen LogP contribution in [0.5, 0.6) is 0 Å². The molecule has 0 unspecified atom stereocenters. The molecule has 3 rings (SSSR count). The number of hydrogen-bond donors (Lipinski definition) is 1. The minimum absolute atomic E-state index is 0.0525. The summed E-state index contributed by atoms with van der Waals surface area (Å²) in [5.74, 6) is 0.345. The summed E-state index contributed by atoms with van der Waals surface area (Å²) in [5, 5.41) is 13.2. The van der Waals surface area contributed by atoms with Crippen LogP contribution in [0.4, 0.5) is 19.0 Å². The molecule has 1 N–H and O–H groups in total. The number of nitrogens with zero attached hydrogens (tertiary/aromatic N) is 4. The maximum atomic E-state index is 12.7. The summed E-state index contributed by atoms with van der Waals surface area (Å²) in [6.45, 7) is 1.03. The van der Waals surface area contributed by atoms with Gasteiger partial charge in [-0.2, -0.15) is 18.4 Å². The summed E-state index contributed by atoms with van der Waals surface area (Å²) >= 11 is 1.02. The fraction of sp³-hybridized carbons (Fsp3) is 0.412. The normalized spacial score (nSPS) is 15.4. The highest BCUT2D eigenvalue weighted by atomic mass is 32.1. The summed E-state index contributed by atoms with van der Waals surface area (Å²) in [6.07, 6.45) is -1.82. The van der Waals surface area contributed by atoms with Crippen LogP contribution >= 0.6 is 11.3 Å². The molecule has 0 aliphatic carbocycles. The van der Waals surface area contributed by atoms with Crippen LogP contribution in [-0.4, -0.2) is 40.4 Å². The predicted octanol–water partition coefficient (Wildman–Crippen LogP) is 3.25. The zero-order chi connectivity index (χ0) is 19.4. The Morgan fingerprint density at radius 3 is 2.67 bits per heavy atom. The molecule has 1 aliphatic heterocycles. The van der Waals surface area contributed by atoms with Gasteiger partial charge in [0.05, 0.1) is 17.1 Å². The zero-order valence-corrected chi connectivity index (χ0v) is 15.0. The molecular weight excluding hydrogens is 379 g/mol. The molecule has 1 amide bonds. The van der Waals surface area contributed by atoms with Gasteiger partial charge in [-0.25, -0.2) is 9.97 Å².